The molecule has 16 heavy (non-hydrogen) atoms. The molecular formula is C12H21N3O. The van der Waals surface area contributed by atoms with Crippen LogP contribution in [0.4, 0.5) is 0 Å². The molecule has 1 saturated heterocycles. The Hall–Kier alpha value is -0.870. The van der Waals surface area contributed by atoms with Crippen LogP contribution in [0.3, 0.4) is 0 Å². The van der Waals surface area contributed by atoms with Gasteiger partial charge in [0.2, 0.25) is 0 Å². The fraction of sp³-hybridized carbons (Fsp3) is 0.750. The van der Waals surface area contributed by atoms with E-state index in [9.17, 15) is 0 Å². The van der Waals surface area contributed by atoms with Crippen LogP contribution in [0.2, 0.25) is 0 Å². The summed E-state index contributed by atoms with van der Waals surface area (Å²) in [6.07, 6.45) is 4.57. The smallest absolute Gasteiger partial charge is 0.0726 e. The lowest BCUT2D eigenvalue weighted by Crippen LogP contribution is -2.38. The van der Waals surface area contributed by atoms with E-state index in [1.54, 1.807) is 0 Å². The predicted octanol–water partition coefficient (Wildman–Crippen LogP) is 1.64. The molecule has 0 spiro atoms. The Morgan fingerprint density at radius 2 is 2.38 bits per heavy atom. The molecule has 3 atom stereocenters. The van der Waals surface area contributed by atoms with Gasteiger partial charge in [0.15, 0.2) is 0 Å². The van der Waals surface area contributed by atoms with Crippen LogP contribution in [-0.2, 0) is 11.8 Å². The topological polar surface area (TPSA) is 39.1 Å². The average Bonchev–Trinajstić information content (AvgIpc) is 2.86. The molecular weight excluding hydrogens is 202 g/mol. The number of hydrogen-bond acceptors (Lipinski definition) is 3. The van der Waals surface area contributed by atoms with Gasteiger partial charge in [0, 0.05) is 31.9 Å². The highest BCUT2D eigenvalue weighted by Gasteiger charge is 2.24. The van der Waals surface area contributed by atoms with Gasteiger partial charge in [-0.1, -0.05) is 0 Å². The van der Waals surface area contributed by atoms with Crippen molar-refractivity contribution in [2.24, 2.45) is 7.05 Å². The first-order chi connectivity index (χ1) is 7.68. The van der Waals surface area contributed by atoms with Gasteiger partial charge in [-0.3, -0.25) is 4.68 Å². The first-order valence-electron chi connectivity index (χ1n) is 6.04. The van der Waals surface area contributed by atoms with Crippen LogP contribution in [0.1, 0.15) is 38.4 Å². The molecule has 4 heteroatoms. The summed E-state index contributed by atoms with van der Waals surface area (Å²) in [4.78, 5) is 0. The van der Waals surface area contributed by atoms with Crippen LogP contribution in [0.15, 0.2) is 12.3 Å². The molecule has 4 nitrogen and oxygen atoms in total. The van der Waals surface area contributed by atoms with Gasteiger partial charge < -0.3 is 10.1 Å². The van der Waals surface area contributed by atoms with Gasteiger partial charge in [-0.25, -0.2) is 0 Å². The van der Waals surface area contributed by atoms with Crippen LogP contribution in [0, 0.1) is 0 Å². The van der Waals surface area contributed by atoms with E-state index < -0.39 is 0 Å². The van der Waals surface area contributed by atoms with Crippen molar-refractivity contribution in [1.29, 1.82) is 0 Å². The van der Waals surface area contributed by atoms with Crippen LogP contribution in [0.5, 0.6) is 0 Å². The number of rotatable bonds is 4. The van der Waals surface area contributed by atoms with Gasteiger partial charge >= 0.3 is 0 Å². The Kier molecular flexibility index (Phi) is 3.61. The standard InChI is InChI=1S/C12H21N3O/c1-9(11-6-7-13-15(11)3)14-10(2)12-5-4-8-16-12/h6-7,9-10,12,14H,4-5,8H2,1-3H3. The molecule has 1 aliphatic heterocycles. The Bertz CT molecular complexity index is 331. The van der Waals surface area contributed by atoms with E-state index >= 15 is 0 Å². The molecule has 1 aliphatic rings. The van der Waals surface area contributed by atoms with Crippen molar-refractivity contribution in [3.63, 3.8) is 0 Å². The first kappa shape index (κ1) is 11.6. The summed E-state index contributed by atoms with van der Waals surface area (Å²) in [5.74, 6) is 0. The summed E-state index contributed by atoms with van der Waals surface area (Å²) in [6.45, 7) is 5.28. The Morgan fingerprint density at radius 1 is 1.56 bits per heavy atom. The van der Waals surface area contributed by atoms with E-state index in [1.165, 1.54) is 18.5 Å². The maximum Gasteiger partial charge on any atom is 0.0726 e. The normalized spacial score (nSPS) is 24.6. The largest absolute Gasteiger partial charge is 0.377 e. The fourth-order valence-corrected chi connectivity index (χ4v) is 2.39. The first-order valence-corrected chi connectivity index (χ1v) is 6.04. The lowest BCUT2D eigenvalue weighted by atomic mass is 10.1. The van der Waals surface area contributed by atoms with Crippen molar-refractivity contribution in [3.05, 3.63) is 18.0 Å². The molecule has 90 valence electrons. The highest BCUT2D eigenvalue weighted by molar-refractivity contribution is 5.05. The number of nitrogens with one attached hydrogen (secondary N) is 1. The number of hydrogen-bond donors (Lipinski definition) is 1. The fourth-order valence-electron chi connectivity index (χ4n) is 2.39. The number of aryl methyl sites for hydroxylation is 1. The van der Waals surface area contributed by atoms with E-state index in [0.717, 1.165) is 6.61 Å². The van der Waals surface area contributed by atoms with Crippen molar-refractivity contribution in [3.8, 4) is 0 Å². The maximum atomic E-state index is 5.68. The number of aromatic nitrogens is 2. The lowest BCUT2D eigenvalue weighted by Gasteiger charge is -2.24. The van der Waals surface area contributed by atoms with Crippen molar-refractivity contribution in [2.45, 2.75) is 44.9 Å². The summed E-state index contributed by atoms with van der Waals surface area (Å²) in [5.41, 5.74) is 1.21. The van der Waals surface area contributed by atoms with Crippen molar-refractivity contribution >= 4 is 0 Å². The third kappa shape index (κ3) is 2.44. The Labute approximate surface area is 97.0 Å². The SMILES string of the molecule is CC(NC(C)C1CCCO1)c1ccnn1C. The van der Waals surface area contributed by atoms with Gasteiger partial charge in [0.1, 0.15) is 0 Å². The zero-order valence-corrected chi connectivity index (χ0v) is 10.3. The minimum absolute atomic E-state index is 0.312. The van der Waals surface area contributed by atoms with Crippen LogP contribution in [0.25, 0.3) is 0 Å². The number of ether oxygens (including phenoxy) is 1. The van der Waals surface area contributed by atoms with Gasteiger partial charge in [-0.05, 0) is 32.8 Å². The molecule has 0 saturated carbocycles. The second-order valence-corrected chi connectivity index (χ2v) is 4.61. The number of nitrogens with zero attached hydrogens (tertiary/aromatic N) is 2. The van der Waals surface area contributed by atoms with Gasteiger partial charge in [0.05, 0.1) is 11.8 Å². The minimum Gasteiger partial charge on any atom is -0.377 e. The van der Waals surface area contributed by atoms with E-state index in [-0.39, 0.29) is 0 Å². The molecule has 2 heterocycles. The summed E-state index contributed by atoms with van der Waals surface area (Å²) >= 11 is 0. The van der Waals surface area contributed by atoms with Crippen molar-refractivity contribution in [1.82, 2.24) is 15.1 Å². The van der Waals surface area contributed by atoms with Gasteiger partial charge in [-0.15, -0.1) is 0 Å². The van der Waals surface area contributed by atoms with E-state index in [4.69, 9.17) is 4.74 Å². The average molecular weight is 223 g/mol. The third-order valence-corrected chi connectivity index (χ3v) is 3.34. The zero-order chi connectivity index (χ0) is 11.5. The molecule has 0 aromatic carbocycles. The predicted molar refractivity (Wildman–Crippen MR) is 63.2 cm³/mol. The van der Waals surface area contributed by atoms with Crippen molar-refractivity contribution in [2.75, 3.05) is 6.61 Å². The van der Waals surface area contributed by atoms with E-state index in [1.807, 2.05) is 17.9 Å². The highest BCUT2D eigenvalue weighted by atomic mass is 16.5. The second kappa shape index (κ2) is 4.97. The third-order valence-electron chi connectivity index (χ3n) is 3.34. The van der Waals surface area contributed by atoms with E-state index in [0.29, 0.717) is 18.2 Å². The monoisotopic (exact) mass is 223 g/mol. The molecule has 0 bridgehead atoms. The summed E-state index contributed by atoms with van der Waals surface area (Å²) in [7, 11) is 1.98. The molecule has 0 amide bonds. The maximum absolute atomic E-state index is 5.68. The minimum atomic E-state index is 0.312. The molecule has 0 radical (unpaired) electrons. The molecule has 3 unspecified atom stereocenters. The quantitative estimate of drug-likeness (QED) is 0.843. The Morgan fingerprint density at radius 3 is 2.94 bits per heavy atom. The Balaban J connectivity index is 1.91. The highest BCUT2D eigenvalue weighted by Crippen LogP contribution is 2.18. The molecule has 1 aromatic rings. The van der Waals surface area contributed by atoms with Crippen LogP contribution in [-0.4, -0.2) is 28.5 Å². The summed E-state index contributed by atoms with van der Waals surface area (Å²) in [5, 5.41) is 7.77. The molecule has 1 aromatic heterocycles. The summed E-state index contributed by atoms with van der Waals surface area (Å²) < 4.78 is 7.59. The van der Waals surface area contributed by atoms with Crippen LogP contribution < -0.4 is 5.32 Å². The zero-order valence-electron chi connectivity index (χ0n) is 10.3. The lowest BCUT2D eigenvalue weighted by molar-refractivity contribution is 0.0801. The molecule has 1 fully saturated rings. The van der Waals surface area contributed by atoms with Gasteiger partial charge in [-0.2, -0.15) is 5.10 Å². The van der Waals surface area contributed by atoms with E-state index in [2.05, 4.69) is 30.3 Å². The second-order valence-electron chi connectivity index (χ2n) is 4.61. The van der Waals surface area contributed by atoms with Crippen molar-refractivity contribution < 1.29 is 4.74 Å². The summed E-state index contributed by atoms with van der Waals surface area (Å²) in [6, 6.07) is 2.76. The van der Waals surface area contributed by atoms with Gasteiger partial charge in [0.25, 0.3) is 0 Å². The molecule has 0 aliphatic carbocycles. The van der Waals surface area contributed by atoms with Crippen LogP contribution >= 0.6 is 0 Å². The molecule has 2 rings (SSSR count). The molecule has 1 N–H and O–H groups in total.